The van der Waals surface area contributed by atoms with Gasteiger partial charge in [-0.05, 0) is 67.4 Å². The van der Waals surface area contributed by atoms with E-state index < -0.39 is 0 Å². The Morgan fingerprint density at radius 3 is 2.14 bits per heavy atom. The summed E-state index contributed by atoms with van der Waals surface area (Å²) in [4.78, 5) is 2.11. The lowest BCUT2D eigenvalue weighted by Crippen LogP contribution is -2.19. The van der Waals surface area contributed by atoms with Crippen LogP contribution in [0.3, 0.4) is 0 Å². The van der Waals surface area contributed by atoms with Crippen LogP contribution in [-0.2, 0) is 0 Å². The molecule has 3 nitrogen and oxygen atoms in total. The van der Waals surface area contributed by atoms with E-state index in [4.69, 9.17) is 4.74 Å². The van der Waals surface area contributed by atoms with E-state index in [1.807, 2.05) is 26.2 Å². The first kappa shape index (κ1) is 20.9. The van der Waals surface area contributed by atoms with Crippen molar-refractivity contribution < 1.29 is 9.84 Å². The molecule has 2 atom stereocenters. The van der Waals surface area contributed by atoms with Gasteiger partial charge in [-0.3, -0.25) is 0 Å². The van der Waals surface area contributed by atoms with Crippen molar-refractivity contribution in [3.05, 3.63) is 95.6 Å². The zero-order valence-corrected chi connectivity index (χ0v) is 17.6. The number of nitrogens with zero attached hydrogens (tertiary/aromatic N) is 1. The summed E-state index contributed by atoms with van der Waals surface area (Å²) in [6.45, 7) is 3.79. The molecule has 0 aromatic heterocycles. The fourth-order valence-electron chi connectivity index (χ4n) is 3.86. The van der Waals surface area contributed by atoms with E-state index >= 15 is 0 Å². The molecule has 152 valence electrons. The molecule has 0 amide bonds. The smallest absolute Gasteiger partial charge is 0.119 e. The lowest BCUT2D eigenvalue weighted by atomic mass is 9.76. The summed E-state index contributed by atoms with van der Waals surface area (Å²) in [5.41, 5.74) is 3.67. The zero-order valence-electron chi connectivity index (χ0n) is 17.6. The Balaban J connectivity index is 1.93. The minimum atomic E-state index is 0.158. The number of ether oxygens (including phenoxy) is 1. The Hall–Kier alpha value is -2.78. The van der Waals surface area contributed by atoms with Crippen LogP contribution in [-0.4, -0.2) is 37.3 Å². The Morgan fingerprint density at radius 2 is 1.52 bits per heavy atom. The number of hydrogen-bond acceptors (Lipinski definition) is 3. The fourth-order valence-corrected chi connectivity index (χ4v) is 3.86. The van der Waals surface area contributed by atoms with Crippen LogP contribution < -0.4 is 4.74 Å². The van der Waals surface area contributed by atoms with E-state index in [9.17, 15) is 5.11 Å². The van der Waals surface area contributed by atoms with Crippen LogP contribution >= 0.6 is 0 Å². The van der Waals surface area contributed by atoms with Gasteiger partial charge in [0.1, 0.15) is 18.1 Å². The number of benzene rings is 3. The number of likely N-dealkylation sites (N-methyl/N-ethyl adjacent to an activating group) is 1. The molecule has 0 spiro atoms. The van der Waals surface area contributed by atoms with E-state index in [0.717, 1.165) is 24.3 Å². The monoisotopic (exact) mass is 389 g/mol. The summed E-state index contributed by atoms with van der Waals surface area (Å²) in [7, 11) is 4.08. The van der Waals surface area contributed by atoms with Gasteiger partial charge in [-0.1, -0.05) is 61.5 Å². The van der Waals surface area contributed by atoms with Crippen molar-refractivity contribution in [2.45, 2.75) is 25.2 Å². The first-order chi connectivity index (χ1) is 14.1. The minimum absolute atomic E-state index is 0.158. The predicted molar refractivity (Wildman–Crippen MR) is 120 cm³/mol. The predicted octanol–water partition coefficient (Wildman–Crippen LogP) is 5.66. The molecule has 0 unspecified atom stereocenters. The van der Waals surface area contributed by atoms with Crippen molar-refractivity contribution in [1.29, 1.82) is 0 Å². The van der Waals surface area contributed by atoms with Gasteiger partial charge in [-0.15, -0.1) is 0 Å². The summed E-state index contributed by atoms with van der Waals surface area (Å²) < 4.78 is 5.87. The second kappa shape index (κ2) is 10.1. The van der Waals surface area contributed by atoms with Crippen molar-refractivity contribution in [2.75, 3.05) is 27.2 Å². The van der Waals surface area contributed by atoms with Gasteiger partial charge in [0.25, 0.3) is 0 Å². The van der Waals surface area contributed by atoms with Crippen molar-refractivity contribution in [2.24, 2.45) is 0 Å². The molecular formula is C26H31NO2. The summed E-state index contributed by atoms with van der Waals surface area (Å²) in [5, 5.41) is 10.1. The summed E-state index contributed by atoms with van der Waals surface area (Å²) in [6, 6.07) is 26.7. The maximum Gasteiger partial charge on any atom is 0.119 e. The Bertz CT molecular complexity index is 875. The number of phenols is 1. The third-order valence-corrected chi connectivity index (χ3v) is 5.35. The van der Waals surface area contributed by atoms with Crippen LogP contribution in [0.2, 0.25) is 0 Å². The van der Waals surface area contributed by atoms with E-state index in [1.165, 1.54) is 11.1 Å². The van der Waals surface area contributed by atoms with Crippen LogP contribution in [0.5, 0.6) is 11.5 Å². The molecule has 0 saturated carbocycles. The largest absolute Gasteiger partial charge is 0.508 e. The van der Waals surface area contributed by atoms with Crippen LogP contribution in [0, 0.1) is 0 Å². The van der Waals surface area contributed by atoms with Crippen molar-refractivity contribution in [3.63, 3.8) is 0 Å². The van der Waals surface area contributed by atoms with Gasteiger partial charge in [-0.25, -0.2) is 0 Å². The first-order valence-electron chi connectivity index (χ1n) is 10.3. The normalized spacial score (nSPS) is 13.2. The molecule has 0 aliphatic heterocycles. The molecule has 1 N–H and O–H groups in total. The van der Waals surface area contributed by atoms with Crippen LogP contribution in [0.15, 0.2) is 78.9 Å². The molecule has 0 heterocycles. The van der Waals surface area contributed by atoms with Gasteiger partial charge in [0.2, 0.25) is 0 Å². The fraction of sp³-hybridized carbons (Fsp3) is 0.308. The van der Waals surface area contributed by atoms with Crippen LogP contribution in [0.1, 0.15) is 41.9 Å². The third kappa shape index (κ3) is 5.61. The summed E-state index contributed by atoms with van der Waals surface area (Å²) in [5.74, 6) is 1.67. The third-order valence-electron chi connectivity index (χ3n) is 5.35. The Kier molecular flexibility index (Phi) is 7.31. The van der Waals surface area contributed by atoms with E-state index in [-0.39, 0.29) is 5.92 Å². The molecule has 3 rings (SSSR count). The maximum absolute atomic E-state index is 10.1. The van der Waals surface area contributed by atoms with E-state index in [1.54, 1.807) is 6.07 Å². The molecule has 3 heteroatoms. The number of phenolic OH excluding ortho intramolecular Hbond substituents is 1. The molecule has 0 saturated heterocycles. The first-order valence-corrected chi connectivity index (χ1v) is 10.3. The Labute approximate surface area is 174 Å². The molecule has 0 aliphatic rings. The topological polar surface area (TPSA) is 32.7 Å². The van der Waals surface area contributed by atoms with Gasteiger partial charge in [0.05, 0.1) is 0 Å². The maximum atomic E-state index is 10.1. The molecule has 29 heavy (non-hydrogen) atoms. The van der Waals surface area contributed by atoms with Crippen LogP contribution in [0.25, 0.3) is 0 Å². The highest BCUT2D eigenvalue weighted by molar-refractivity contribution is 5.42. The highest BCUT2D eigenvalue weighted by atomic mass is 16.5. The second-order valence-corrected chi connectivity index (χ2v) is 7.72. The second-order valence-electron chi connectivity index (χ2n) is 7.72. The van der Waals surface area contributed by atoms with Crippen molar-refractivity contribution >= 4 is 0 Å². The molecule has 3 aromatic rings. The highest BCUT2D eigenvalue weighted by Crippen LogP contribution is 2.41. The highest BCUT2D eigenvalue weighted by Gasteiger charge is 2.25. The van der Waals surface area contributed by atoms with Gasteiger partial charge in [-0.2, -0.15) is 0 Å². The molecule has 0 radical (unpaired) electrons. The number of hydrogen-bond donors (Lipinski definition) is 1. The van der Waals surface area contributed by atoms with E-state index in [2.05, 4.69) is 72.5 Å². The summed E-state index contributed by atoms with van der Waals surface area (Å²) in [6.07, 6.45) is 1.01. The molecule has 0 bridgehead atoms. The standard InChI is InChI=1S/C26H31NO2/c1-4-25(20-9-6-5-7-10-20)26(22-11-8-12-23(28)19-22)21-13-15-24(16-14-21)29-18-17-27(2)3/h5-16,19,25-26,28H,4,17-18H2,1-3H3/t25-,26-/m1/s1. The van der Waals surface area contributed by atoms with E-state index in [0.29, 0.717) is 18.3 Å². The quantitative estimate of drug-likeness (QED) is 0.513. The molecule has 0 fully saturated rings. The van der Waals surface area contributed by atoms with Gasteiger partial charge >= 0.3 is 0 Å². The molecule has 3 aromatic carbocycles. The van der Waals surface area contributed by atoms with Crippen molar-refractivity contribution in [3.8, 4) is 11.5 Å². The van der Waals surface area contributed by atoms with Crippen LogP contribution in [0.4, 0.5) is 0 Å². The number of aromatic hydroxyl groups is 1. The Morgan fingerprint density at radius 1 is 0.828 bits per heavy atom. The molecular weight excluding hydrogens is 358 g/mol. The van der Waals surface area contributed by atoms with Gasteiger partial charge in [0, 0.05) is 12.5 Å². The van der Waals surface area contributed by atoms with Gasteiger partial charge < -0.3 is 14.7 Å². The van der Waals surface area contributed by atoms with Crippen molar-refractivity contribution in [1.82, 2.24) is 4.90 Å². The lowest BCUT2D eigenvalue weighted by Gasteiger charge is -2.28. The number of rotatable bonds is 9. The average molecular weight is 390 g/mol. The zero-order chi connectivity index (χ0) is 20.6. The summed E-state index contributed by atoms with van der Waals surface area (Å²) >= 11 is 0. The molecule has 0 aliphatic carbocycles. The van der Waals surface area contributed by atoms with Gasteiger partial charge in [0.15, 0.2) is 0 Å². The SMILES string of the molecule is CC[C@H](c1ccccc1)[C@H](c1ccc(OCCN(C)C)cc1)c1cccc(O)c1. The average Bonchev–Trinajstić information content (AvgIpc) is 2.73. The minimum Gasteiger partial charge on any atom is -0.508 e. The lowest BCUT2D eigenvalue weighted by molar-refractivity contribution is 0.261.